The lowest BCUT2D eigenvalue weighted by molar-refractivity contribution is -0.141. The van der Waals surface area contributed by atoms with Crippen LogP contribution in [0.4, 0.5) is 10.5 Å². The van der Waals surface area contributed by atoms with Crippen LogP contribution in [0, 0.1) is 0 Å². The smallest absolute Gasteiger partial charge is 0.328 e. The highest BCUT2D eigenvalue weighted by molar-refractivity contribution is 9.10. The molecule has 110 valence electrons. The summed E-state index contributed by atoms with van der Waals surface area (Å²) in [5.74, 6) is -1.36. The summed E-state index contributed by atoms with van der Waals surface area (Å²) < 4.78 is 0.630. The summed E-state index contributed by atoms with van der Waals surface area (Å²) in [6, 6.07) is 0.756. The van der Waals surface area contributed by atoms with Crippen LogP contribution in [0.2, 0.25) is 10.0 Å². The Morgan fingerprint density at radius 3 is 2.20 bits per heavy atom. The van der Waals surface area contributed by atoms with Crippen LogP contribution < -0.4 is 10.6 Å². The zero-order chi connectivity index (χ0) is 15.4. The third kappa shape index (κ3) is 4.52. The van der Waals surface area contributed by atoms with Crippen molar-refractivity contribution in [2.45, 2.75) is 19.1 Å². The zero-order valence-corrected chi connectivity index (χ0v) is 13.3. The number of carboxylic acids is 1. The van der Waals surface area contributed by atoms with Gasteiger partial charge in [-0.05, 0) is 19.1 Å². The minimum Gasteiger partial charge on any atom is -0.480 e. The quantitative estimate of drug-likeness (QED) is 0.640. The van der Waals surface area contributed by atoms with E-state index in [9.17, 15) is 14.7 Å². The molecule has 0 aromatic heterocycles. The van der Waals surface area contributed by atoms with Crippen molar-refractivity contribution in [3.8, 4) is 0 Å². The van der Waals surface area contributed by atoms with Crippen molar-refractivity contribution in [3.05, 3.63) is 26.7 Å². The first-order chi connectivity index (χ1) is 9.22. The molecule has 4 N–H and O–H groups in total. The fourth-order valence-corrected chi connectivity index (χ4v) is 2.64. The Hall–Kier alpha value is -1.02. The number of carbonyl (C=O) groups is 2. The van der Waals surface area contributed by atoms with Crippen molar-refractivity contribution >= 4 is 56.8 Å². The van der Waals surface area contributed by atoms with E-state index < -0.39 is 24.1 Å². The molecular weight excluding hydrogens is 375 g/mol. The molecule has 1 aromatic carbocycles. The van der Waals surface area contributed by atoms with Gasteiger partial charge < -0.3 is 20.8 Å². The van der Waals surface area contributed by atoms with E-state index in [1.54, 1.807) is 0 Å². The predicted molar refractivity (Wildman–Crippen MR) is 79.4 cm³/mol. The number of anilines is 1. The van der Waals surface area contributed by atoms with Crippen LogP contribution >= 0.6 is 39.1 Å². The molecule has 0 fully saturated rings. The van der Waals surface area contributed by atoms with E-state index in [4.69, 9.17) is 28.3 Å². The molecule has 1 rings (SSSR count). The van der Waals surface area contributed by atoms with E-state index in [1.165, 1.54) is 19.1 Å². The molecule has 6 nitrogen and oxygen atoms in total. The minimum absolute atomic E-state index is 0.142. The normalized spacial score (nSPS) is 13.4. The lowest BCUT2D eigenvalue weighted by atomic mass is 10.2. The van der Waals surface area contributed by atoms with Crippen molar-refractivity contribution in [2.24, 2.45) is 0 Å². The van der Waals surface area contributed by atoms with Gasteiger partial charge in [0.25, 0.3) is 0 Å². The van der Waals surface area contributed by atoms with Gasteiger partial charge in [-0.3, -0.25) is 0 Å². The third-order valence-electron chi connectivity index (χ3n) is 2.28. The van der Waals surface area contributed by atoms with Crippen LogP contribution in [0.5, 0.6) is 0 Å². The maximum absolute atomic E-state index is 11.7. The van der Waals surface area contributed by atoms with Crippen LogP contribution in [0.3, 0.4) is 0 Å². The number of hydrogen-bond acceptors (Lipinski definition) is 3. The molecule has 0 saturated heterocycles. The largest absolute Gasteiger partial charge is 0.480 e. The molecule has 2 amide bonds. The highest BCUT2D eigenvalue weighted by Crippen LogP contribution is 2.33. The van der Waals surface area contributed by atoms with Gasteiger partial charge in [-0.2, -0.15) is 0 Å². The summed E-state index contributed by atoms with van der Waals surface area (Å²) in [5, 5.41) is 22.9. The second kappa shape index (κ2) is 7.12. The van der Waals surface area contributed by atoms with Gasteiger partial charge in [-0.25, -0.2) is 9.59 Å². The Balaban J connectivity index is 2.84. The fraction of sp³-hybridized carbons (Fsp3) is 0.273. The minimum atomic E-state index is -1.44. The zero-order valence-electron chi connectivity index (χ0n) is 10.2. The summed E-state index contributed by atoms with van der Waals surface area (Å²) in [6.45, 7) is 1.25. The van der Waals surface area contributed by atoms with E-state index in [2.05, 4.69) is 26.6 Å². The van der Waals surface area contributed by atoms with E-state index in [-0.39, 0.29) is 15.7 Å². The number of carbonyl (C=O) groups excluding carboxylic acids is 1. The van der Waals surface area contributed by atoms with E-state index >= 15 is 0 Å². The second-order valence-corrected chi connectivity index (χ2v) is 5.63. The number of benzene rings is 1. The maximum atomic E-state index is 11.7. The summed E-state index contributed by atoms with van der Waals surface area (Å²) in [5.41, 5.74) is 0.142. The molecule has 1 aromatic rings. The van der Waals surface area contributed by atoms with Gasteiger partial charge in [-0.1, -0.05) is 39.1 Å². The third-order valence-corrected chi connectivity index (χ3v) is 3.33. The number of urea groups is 1. The molecule has 0 aliphatic carbocycles. The maximum Gasteiger partial charge on any atom is 0.328 e. The van der Waals surface area contributed by atoms with E-state index in [0.717, 1.165) is 0 Å². The van der Waals surface area contributed by atoms with E-state index in [1.807, 2.05) is 0 Å². The summed E-state index contributed by atoms with van der Waals surface area (Å²) >= 11 is 15.0. The molecule has 0 heterocycles. The van der Waals surface area contributed by atoms with Gasteiger partial charge in [0, 0.05) is 4.47 Å². The van der Waals surface area contributed by atoms with Crippen molar-refractivity contribution in [1.29, 1.82) is 0 Å². The van der Waals surface area contributed by atoms with Crippen molar-refractivity contribution < 1.29 is 19.8 Å². The molecule has 2 unspecified atom stereocenters. The number of hydrogen-bond donors (Lipinski definition) is 4. The highest BCUT2D eigenvalue weighted by atomic mass is 79.9. The predicted octanol–water partition coefficient (Wildman–Crippen LogP) is 2.71. The number of aliphatic hydroxyl groups is 1. The topological polar surface area (TPSA) is 98.7 Å². The number of amides is 2. The van der Waals surface area contributed by atoms with Gasteiger partial charge >= 0.3 is 12.0 Å². The van der Waals surface area contributed by atoms with Crippen LogP contribution in [0.25, 0.3) is 0 Å². The van der Waals surface area contributed by atoms with Crippen LogP contribution in [-0.4, -0.2) is 34.4 Å². The molecular formula is C11H11BrCl2N2O4. The Bertz CT molecular complexity index is 516. The van der Waals surface area contributed by atoms with Gasteiger partial charge in [0.2, 0.25) is 0 Å². The van der Waals surface area contributed by atoms with Gasteiger partial charge in [-0.15, -0.1) is 0 Å². The first-order valence-electron chi connectivity index (χ1n) is 5.35. The van der Waals surface area contributed by atoms with Crippen molar-refractivity contribution in [3.63, 3.8) is 0 Å². The molecule has 2 atom stereocenters. The standard InChI is InChI=1S/C11H11BrCl2N2O4/c1-4(17)8(10(18)19)15-11(20)16-9-6(13)2-5(12)3-7(9)14/h2-4,8,17H,1H3,(H,18,19)(H2,15,16,20). The number of nitrogens with one attached hydrogen (secondary N) is 2. The molecule has 9 heteroatoms. The molecule has 0 radical (unpaired) electrons. The van der Waals surface area contributed by atoms with Crippen molar-refractivity contribution in [2.75, 3.05) is 5.32 Å². The molecule has 0 aliphatic rings. The first-order valence-corrected chi connectivity index (χ1v) is 6.90. The van der Waals surface area contributed by atoms with Gasteiger partial charge in [0.05, 0.1) is 21.8 Å². The molecule has 0 bridgehead atoms. The molecule has 0 saturated carbocycles. The van der Waals surface area contributed by atoms with Crippen LogP contribution in [-0.2, 0) is 4.79 Å². The molecule has 20 heavy (non-hydrogen) atoms. The first kappa shape index (κ1) is 17.0. The summed E-state index contributed by atoms with van der Waals surface area (Å²) in [7, 11) is 0. The SMILES string of the molecule is CC(O)C(NC(=O)Nc1c(Cl)cc(Br)cc1Cl)C(=O)O. The number of halogens is 3. The average Bonchev–Trinajstić information content (AvgIpc) is 2.29. The van der Waals surface area contributed by atoms with E-state index in [0.29, 0.717) is 4.47 Å². The van der Waals surface area contributed by atoms with Crippen LogP contribution in [0.1, 0.15) is 6.92 Å². The summed E-state index contributed by atoms with van der Waals surface area (Å²) in [4.78, 5) is 22.5. The second-order valence-electron chi connectivity index (χ2n) is 3.90. The Morgan fingerprint density at radius 2 is 1.80 bits per heavy atom. The Morgan fingerprint density at radius 1 is 1.30 bits per heavy atom. The van der Waals surface area contributed by atoms with Gasteiger partial charge in [0.1, 0.15) is 0 Å². The lowest BCUT2D eigenvalue weighted by Gasteiger charge is -2.18. The molecule has 0 spiro atoms. The summed E-state index contributed by atoms with van der Waals surface area (Å²) in [6.07, 6.45) is -1.26. The van der Waals surface area contributed by atoms with Crippen LogP contribution in [0.15, 0.2) is 16.6 Å². The van der Waals surface area contributed by atoms with Crippen molar-refractivity contribution in [1.82, 2.24) is 5.32 Å². The number of rotatable bonds is 4. The average molecular weight is 386 g/mol. The Kier molecular flexibility index (Phi) is 6.07. The number of aliphatic hydroxyl groups excluding tert-OH is 1. The highest BCUT2D eigenvalue weighted by Gasteiger charge is 2.25. The van der Waals surface area contributed by atoms with Gasteiger partial charge in [0.15, 0.2) is 6.04 Å². The molecule has 0 aliphatic heterocycles. The number of aliphatic carboxylic acids is 1. The Labute approximate surface area is 133 Å². The number of carboxylic acid groups (broad SMARTS) is 1. The fourth-order valence-electron chi connectivity index (χ4n) is 1.34. The lowest BCUT2D eigenvalue weighted by Crippen LogP contribution is -2.49. The monoisotopic (exact) mass is 384 g/mol.